The maximum Gasteiger partial charge on any atom is 0.217 e. The van der Waals surface area contributed by atoms with E-state index < -0.39 is 0 Å². The Morgan fingerprint density at radius 3 is 2.68 bits per heavy atom. The van der Waals surface area contributed by atoms with Gasteiger partial charge < -0.3 is 4.74 Å². The molecule has 0 aliphatic carbocycles. The Kier molecular flexibility index (Phi) is 5.08. The Labute approximate surface area is 151 Å². The van der Waals surface area contributed by atoms with Gasteiger partial charge in [-0.05, 0) is 63.3 Å². The van der Waals surface area contributed by atoms with Crippen LogP contribution in [0.5, 0.6) is 0 Å². The standard InChI is InChI=1S/C23H27NO/c1-5-7-18-8-6-9-19(15-18)11-12-20-14-17(2)10-13-21(20)22-24-23(3,4)16-25-22/h5-10,13-15H,11-12,16H2,1-4H3/b7-5-. The lowest BCUT2D eigenvalue weighted by atomic mass is 9.97. The van der Waals surface area contributed by atoms with Crippen molar-refractivity contribution in [2.45, 2.75) is 46.1 Å². The van der Waals surface area contributed by atoms with E-state index in [1.807, 2.05) is 0 Å². The number of benzene rings is 2. The molecule has 0 saturated carbocycles. The molecule has 1 aliphatic heterocycles. The van der Waals surface area contributed by atoms with E-state index in [0.717, 1.165) is 24.3 Å². The number of allylic oxidation sites excluding steroid dienone is 1. The zero-order valence-electron chi connectivity index (χ0n) is 15.7. The molecule has 130 valence electrons. The molecule has 3 rings (SSSR count). The van der Waals surface area contributed by atoms with E-state index in [2.05, 4.69) is 82.3 Å². The van der Waals surface area contributed by atoms with Crippen LogP contribution in [-0.4, -0.2) is 18.0 Å². The van der Waals surface area contributed by atoms with Gasteiger partial charge in [-0.15, -0.1) is 0 Å². The van der Waals surface area contributed by atoms with E-state index in [9.17, 15) is 0 Å². The molecule has 2 heteroatoms. The summed E-state index contributed by atoms with van der Waals surface area (Å²) in [5, 5.41) is 0. The third-order valence-corrected chi connectivity index (χ3v) is 4.45. The van der Waals surface area contributed by atoms with Gasteiger partial charge in [-0.3, -0.25) is 0 Å². The summed E-state index contributed by atoms with van der Waals surface area (Å²) in [7, 11) is 0. The summed E-state index contributed by atoms with van der Waals surface area (Å²) >= 11 is 0. The molecule has 2 aromatic rings. The Morgan fingerprint density at radius 1 is 1.12 bits per heavy atom. The van der Waals surface area contributed by atoms with Crippen LogP contribution in [0.3, 0.4) is 0 Å². The molecule has 0 bridgehead atoms. The fourth-order valence-electron chi connectivity index (χ4n) is 3.18. The van der Waals surface area contributed by atoms with Crippen LogP contribution in [0.1, 0.15) is 48.6 Å². The SMILES string of the molecule is C/C=C\c1cccc(CCc2cc(C)ccc2C2=NC(C)(C)CO2)c1. The average molecular weight is 333 g/mol. The Bertz CT molecular complexity index is 815. The van der Waals surface area contributed by atoms with E-state index in [0.29, 0.717) is 6.61 Å². The van der Waals surface area contributed by atoms with Crippen LogP contribution in [0.2, 0.25) is 0 Å². The van der Waals surface area contributed by atoms with Crippen molar-refractivity contribution in [3.05, 3.63) is 76.4 Å². The zero-order chi connectivity index (χ0) is 17.9. The molecule has 2 nitrogen and oxygen atoms in total. The predicted molar refractivity (Wildman–Crippen MR) is 106 cm³/mol. The summed E-state index contributed by atoms with van der Waals surface area (Å²) in [4.78, 5) is 4.76. The molecule has 0 unspecified atom stereocenters. The van der Waals surface area contributed by atoms with Gasteiger partial charge in [0.25, 0.3) is 0 Å². The summed E-state index contributed by atoms with van der Waals surface area (Å²) < 4.78 is 5.88. The van der Waals surface area contributed by atoms with Crippen molar-refractivity contribution in [2.24, 2.45) is 4.99 Å². The summed E-state index contributed by atoms with van der Waals surface area (Å²) in [6.07, 6.45) is 6.22. The largest absolute Gasteiger partial charge is 0.475 e. The first kappa shape index (κ1) is 17.5. The average Bonchev–Trinajstić information content (AvgIpc) is 2.93. The molecule has 25 heavy (non-hydrogen) atoms. The lowest BCUT2D eigenvalue weighted by molar-refractivity contribution is 0.279. The molecule has 0 atom stereocenters. The molecule has 0 fully saturated rings. The molecule has 0 saturated heterocycles. The van der Waals surface area contributed by atoms with E-state index >= 15 is 0 Å². The van der Waals surface area contributed by atoms with Gasteiger partial charge in [0.2, 0.25) is 5.90 Å². The lowest BCUT2D eigenvalue weighted by Gasteiger charge is -2.11. The normalized spacial score (nSPS) is 16.1. The van der Waals surface area contributed by atoms with Crippen LogP contribution >= 0.6 is 0 Å². The molecule has 0 amide bonds. The minimum atomic E-state index is -0.127. The van der Waals surface area contributed by atoms with Gasteiger partial charge in [0.1, 0.15) is 6.61 Å². The van der Waals surface area contributed by atoms with Crippen LogP contribution in [0, 0.1) is 6.92 Å². The van der Waals surface area contributed by atoms with Crippen LogP contribution in [0.4, 0.5) is 0 Å². The van der Waals surface area contributed by atoms with Crippen LogP contribution in [0.25, 0.3) is 6.08 Å². The quantitative estimate of drug-likeness (QED) is 0.721. The van der Waals surface area contributed by atoms with Gasteiger partial charge in [0.05, 0.1) is 5.54 Å². The highest BCUT2D eigenvalue weighted by Gasteiger charge is 2.28. The highest BCUT2D eigenvalue weighted by atomic mass is 16.5. The number of aryl methyl sites for hydroxylation is 3. The maximum atomic E-state index is 5.88. The topological polar surface area (TPSA) is 21.6 Å². The van der Waals surface area contributed by atoms with Crippen molar-refractivity contribution in [2.75, 3.05) is 6.61 Å². The third-order valence-electron chi connectivity index (χ3n) is 4.45. The predicted octanol–water partition coefficient (Wildman–Crippen LogP) is 5.37. The second-order valence-corrected chi connectivity index (χ2v) is 7.42. The summed E-state index contributed by atoms with van der Waals surface area (Å²) in [5.41, 5.74) is 6.22. The highest BCUT2D eigenvalue weighted by Crippen LogP contribution is 2.24. The minimum absolute atomic E-state index is 0.127. The van der Waals surface area contributed by atoms with E-state index in [4.69, 9.17) is 9.73 Å². The molecule has 0 spiro atoms. The monoisotopic (exact) mass is 333 g/mol. The Balaban J connectivity index is 1.83. The molecule has 1 heterocycles. The molecular weight excluding hydrogens is 306 g/mol. The summed E-state index contributed by atoms with van der Waals surface area (Å²) in [5.74, 6) is 0.794. The van der Waals surface area contributed by atoms with E-state index in [1.165, 1.54) is 22.3 Å². The first-order chi connectivity index (χ1) is 12.0. The van der Waals surface area contributed by atoms with Crippen LogP contribution < -0.4 is 0 Å². The number of hydrogen-bond acceptors (Lipinski definition) is 2. The molecule has 1 aliphatic rings. The second kappa shape index (κ2) is 7.26. The van der Waals surface area contributed by atoms with Gasteiger partial charge in [0, 0.05) is 5.56 Å². The van der Waals surface area contributed by atoms with E-state index in [-0.39, 0.29) is 5.54 Å². The van der Waals surface area contributed by atoms with Gasteiger partial charge in [-0.2, -0.15) is 0 Å². The third kappa shape index (κ3) is 4.39. The molecule has 0 N–H and O–H groups in total. The first-order valence-electron chi connectivity index (χ1n) is 9.01. The smallest absolute Gasteiger partial charge is 0.217 e. The highest BCUT2D eigenvalue weighted by molar-refractivity contribution is 5.97. The van der Waals surface area contributed by atoms with Crippen LogP contribution in [0.15, 0.2) is 53.5 Å². The number of ether oxygens (including phenoxy) is 1. The minimum Gasteiger partial charge on any atom is -0.475 e. The first-order valence-corrected chi connectivity index (χ1v) is 9.01. The second-order valence-electron chi connectivity index (χ2n) is 7.42. The zero-order valence-corrected chi connectivity index (χ0v) is 15.7. The molecule has 0 radical (unpaired) electrons. The van der Waals surface area contributed by atoms with E-state index in [1.54, 1.807) is 0 Å². The molecule has 0 aromatic heterocycles. The van der Waals surface area contributed by atoms with Crippen molar-refractivity contribution in [1.82, 2.24) is 0 Å². The molecule has 2 aromatic carbocycles. The maximum absolute atomic E-state index is 5.88. The van der Waals surface area contributed by atoms with Crippen molar-refractivity contribution < 1.29 is 4.74 Å². The number of nitrogens with zero attached hydrogens (tertiary/aromatic N) is 1. The Hall–Kier alpha value is -2.35. The van der Waals surface area contributed by atoms with Crippen molar-refractivity contribution in [3.63, 3.8) is 0 Å². The number of hydrogen-bond donors (Lipinski definition) is 0. The number of aliphatic imine (C=N–C) groups is 1. The van der Waals surface area contributed by atoms with Crippen molar-refractivity contribution in [3.8, 4) is 0 Å². The lowest BCUT2D eigenvalue weighted by Crippen LogP contribution is -2.17. The van der Waals surface area contributed by atoms with Crippen molar-refractivity contribution >= 4 is 12.0 Å². The van der Waals surface area contributed by atoms with Gasteiger partial charge in [-0.1, -0.05) is 54.1 Å². The van der Waals surface area contributed by atoms with Gasteiger partial charge >= 0.3 is 0 Å². The summed E-state index contributed by atoms with van der Waals surface area (Å²) in [6.45, 7) is 9.07. The fourth-order valence-corrected chi connectivity index (χ4v) is 3.18. The summed E-state index contributed by atoms with van der Waals surface area (Å²) in [6, 6.07) is 15.3. The van der Waals surface area contributed by atoms with Crippen LogP contribution in [-0.2, 0) is 17.6 Å². The fraction of sp³-hybridized carbons (Fsp3) is 0.348. The van der Waals surface area contributed by atoms with Gasteiger partial charge in [-0.25, -0.2) is 4.99 Å². The Morgan fingerprint density at radius 2 is 1.96 bits per heavy atom. The number of rotatable bonds is 5. The molecular formula is C23H27NO. The van der Waals surface area contributed by atoms with Gasteiger partial charge in [0.15, 0.2) is 0 Å². The van der Waals surface area contributed by atoms with Crippen molar-refractivity contribution in [1.29, 1.82) is 0 Å².